The summed E-state index contributed by atoms with van der Waals surface area (Å²) in [5.74, 6) is 1.94. The summed E-state index contributed by atoms with van der Waals surface area (Å²) < 4.78 is 0. The maximum Gasteiger partial charge on any atom is 0.167 e. The highest BCUT2D eigenvalue weighted by Gasteiger charge is 2.25. The number of pyridine rings is 1. The second-order valence-corrected chi connectivity index (χ2v) is 11.2. The number of nitrogens with zero attached hydrogens (tertiary/aromatic N) is 7. The Hall–Kier alpha value is -2.65. The zero-order chi connectivity index (χ0) is 23.6. The monoisotopic (exact) mass is 490 g/mol. The van der Waals surface area contributed by atoms with E-state index in [-0.39, 0.29) is 5.92 Å². The Morgan fingerprint density at radius 1 is 1.00 bits per heavy atom. The van der Waals surface area contributed by atoms with Crippen molar-refractivity contribution < 1.29 is 0 Å². The van der Waals surface area contributed by atoms with Gasteiger partial charge in [-0.25, -0.2) is 4.98 Å². The van der Waals surface area contributed by atoms with Gasteiger partial charge in [0.1, 0.15) is 16.5 Å². The maximum atomic E-state index is 4.83. The van der Waals surface area contributed by atoms with Crippen LogP contribution < -0.4 is 15.1 Å². The second-order valence-electron chi connectivity index (χ2n) is 10.2. The Labute approximate surface area is 211 Å². The van der Waals surface area contributed by atoms with Crippen LogP contribution in [0.4, 0.5) is 11.5 Å². The summed E-state index contributed by atoms with van der Waals surface area (Å²) in [6.07, 6.45) is 13.4. The van der Waals surface area contributed by atoms with Gasteiger partial charge < -0.3 is 15.1 Å². The predicted octanol–water partition coefficient (Wildman–Crippen LogP) is 4.11. The van der Waals surface area contributed by atoms with E-state index in [9.17, 15) is 0 Å². The highest BCUT2D eigenvalue weighted by Crippen LogP contribution is 2.32. The van der Waals surface area contributed by atoms with E-state index in [4.69, 9.17) is 9.97 Å². The van der Waals surface area contributed by atoms with Gasteiger partial charge in [0.05, 0.1) is 35.9 Å². The third kappa shape index (κ3) is 5.30. The number of nitrogens with one attached hydrogen (secondary N) is 1. The van der Waals surface area contributed by atoms with E-state index >= 15 is 0 Å². The van der Waals surface area contributed by atoms with Crippen molar-refractivity contribution in [3.63, 3.8) is 0 Å². The van der Waals surface area contributed by atoms with Crippen LogP contribution in [-0.2, 0) is 0 Å². The fourth-order valence-electron chi connectivity index (χ4n) is 5.07. The van der Waals surface area contributed by atoms with Crippen LogP contribution in [0.15, 0.2) is 30.7 Å². The third-order valence-corrected chi connectivity index (χ3v) is 8.60. The van der Waals surface area contributed by atoms with Gasteiger partial charge in [0, 0.05) is 32.2 Å². The molecule has 3 fully saturated rings. The molecule has 2 saturated heterocycles. The van der Waals surface area contributed by atoms with Gasteiger partial charge in [-0.2, -0.15) is 0 Å². The molecule has 2 aliphatic heterocycles. The van der Waals surface area contributed by atoms with Crippen molar-refractivity contribution in [3.05, 3.63) is 41.4 Å². The van der Waals surface area contributed by atoms with Gasteiger partial charge in [0.2, 0.25) is 0 Å². The first kappa shape index (κ1) is 22.8. The van der Waals surface area contributed by atoms with Crippen LogP contribution in [0.1, 0.15) is 62.1 Å². The van der Waals surface area contributed by atoms with Crippen LogP contribution in [-0.4, -0.2) is 63.9 Å². The number of piperidine rings is 1. The molecule has 0 radical (unpaired) electrons. The number of aromatic nitrogens is 5. The minimum absolute atomic E-state index is 0.0827. The van der Waals surface area contributed by atoms with E-state index < -0.39 is 0 Å². The fourth-order valence-corrected chi connectivity index (χ4v) is 5.93. The summed E-state index contributed by atoms with van der Waals surface area (Å²) in [5.41, 5.74) is 3.03. The summed E-state index contributed by atoms with van der Waals surface area (Å²) in [7, 11) is 0. The lowest BCUT2D eigenvalue weighted by Gasteiger charge is -2.35. The molecular weight excluding hydrogens is 456 g/mol. The van der Waals surface area contributed by atoms with E-state index in [1.54, 1.807) is 17.5 Å². The molecule has 1 aliphatic carbocycles. The van der Waals surface area contributed by atoms with Crippen LogP contribution in [0.5, 0.6) is 0 Å². The minimum Gasteiger partial charge on any atom is -0.369 e. The lowest BCUT2D eigenvalue weighted by atomic mass is 10.0. The number of anilines is 2. The molecule has 35 heavy (non-hydrogen) atoms. The van der Waals surface area contributed by atoms with E-state index in [1.807, 2.05) is 12.4 Å². The Bertz CT molecular complexity index is 1120. The maximum absolute atomic E-state index is 4.83. The van der Waals surface area contributed by atoms with Crippen molar-refractivity contribution in [1.82, 2.24) is 30.5 Å². The Balaban J connectivity index is 1.11. The summed E-state index contributed by atoms with van der Waals surface area (Å²) in [4.78, 5) is 18.8. The van der Waals surface area contributed by atoms with Crippen molar-refractivity contribution in [1.29, 1.82) is 0 Å². The van der Waals surface area contributed by atoms with Crippen LogP contribution in [0.2, 0.25) is 0 Å². The molecule has 3 aliphatic rings. The van der Waals surface area contributed by atoms with E-state index in [0.29, 0.717) is 6.04 Å². The Morgan fingerprint density at radius 3 is 2.66 bits per heavy atom. The fraction of sp³-hybridized carbons (Fsp3) is 0.577. The average molecular weight is 491 g/mol. The molecule has 6 rings (SSSR count). The molecule has 3 aromatic rings. The molecule has 0 bridgehead atoms. The SMILES string of the molecule is CC(c1ccc(N2CCC[C@@H](NCC3CC3)C2)cn1)c1nnc(-c2cncc(N3CCCC3)n2)s1. The van der Waals surface area contributed by atoms with Gasteiger partial charge in [-0.1, -0.05) is 18.3 Å². The summed E-state index contributed by atoms with van der Waals surface area (Å²) in [5, 5.41) is 14.5. The third-order valence-electron chi connectivity index (χ3n) is 7.48. The molecule has 0 aromatic carbocycles. The molecule has 0 amide bonds. The first-order valence-corrected chi connectivity index (χ1v) is 13.9. The molecule has 8 nitrogen and oxygen atoms in total. The van der Waals surface area contributed by atoms with Crippen molar-refractivity contribution in [2.75, 3.05) is 42.5 Å². The molecular formula is C26H34N8S. The van der Waals surface area contributed by atoms with Crippen LogP contribution in [0.25, 0.3) is 10.7 Å². The Kier molecular flexibility index (Phi) is 6.61. The highest BCUT2D eigenvalue weighted by atomic mass is 32.1. The molecule has 1 N–H and O–H groups in total. The molecule has 184 valence electrons. The topological polar surface area (TPSA) is 83.0 Å². The van der Waals surface area contributed by atoms with E-state index in [2.05, 4.69) is 49.4 Å². The first-order chi connectivity index (χ1) is 17.2. The number of hydrogen-bond donors (Lipinski definition) is 1. The second kappa shape index (κ2) is 10.1. The molecule has 1 unspecified atom stereocenters. The van der Waals surface area contributed by atoms with Crippen molar-refractivity contribution in [2.45, 2.75) is 57.4 Å². The largest absolute Gasteiger partial charge is 0.369 e. The summed E-state index contributed by atoms with van der Waals surface area (Å²) in [6, 6.07) is 4.96. The van der Waals surface area contributed by atoms with Gasteiger partial charge in [-0.05, 0) is 63.1 Å². The standard InChI is InChI=1S/C26H34N8S/c1-18(25-31-32-26(35-25)23-15-27-16-24(30-23)33-10-2-3-11-33)22-9-8-21(14-29-22)34-12-4-5-20(17-34)28-13-19-6-7-19/h8-9,14-16,18-20,28H,2-7,10-13,17H2,1H3/t18?,20-/m1/s1. The van der Waals surface area contributed by atoms with E-state index in [0.717, 1.165) is 59.3 Å². The quantitative estimate of drug-likeness (QED) is 0.505. The molecule has 3 aromatic heterocycles. The Morgan fingerprint density at radius 2 is 1.86 bits per heavy atom. The molecule has 0 spiro atoms. The molecule has 9 heteroatoms. The molecule has 2 atom stereocenters. The van der Waals surface area contributed by atoms with Gasteiger partial charge in [0.15, 0.2) is 5.01 Å². The number of hydrogen-bond acceptors (Lipinski definition) is 9. The summed E-state index contributed by atoms with van der Waals surface area (Å²) in [6.45, 7) is 7.61. The first-order valence-electron chi connectivity index (χ1n) is 13.1. The van der Waals surface area contributed by atoms with E-state index in [1.165, 1.54) is 50.8 Å². The lowest BCUT2D eigenvalue weighted by Crippen LogP contribution is -2.46. The molecule has 5 heterocycles. The van der Waals surface area contributed by atoms with Gasteiger partial charge >= 0.3 is 0 Å². The normalized spacial score (nSPS) is 21.5. The van der Waals surface area contributed by atoms with Gasteiger partial charge in [-0.15, -0.1) is 10.2 Å². The minimum atomic E-state index is 0.0827. The zero-order valence-corrected chi connectivity index (χ0v) is 21.3. The van der Waals surface area contributed by atoms with Crippen LogP contribution >= 0.6 is 11.3 Å². The highest BCUT2D eigenvalue weighted by molar-refractivity contribution is 7.14. The van der Waals surface area contributed by atoms with Crippen LogP contribution in [0.3, 0.4) is 0 Å². The zero-order valence-electron chi connectivity index (χ0n) is 20.4. The van der Waals surface area contributed by atoms with Crippen molar-refractivity contribution in [3.8, 4) is 10.7 Å². The molecule has 1 saturated carbocycles. The summed E-state index contributed by atoms with van der Waals surface area (Å²) >= 11 is 1.58. The van der Waals surface area contributed by atoms with Gasteiger partial charge in [-0.3, -0.25) is 9.97 Å². The predicted molar refractivity (Wildman–Crippen MR) is 140 cm³/mol. The smallest absolute Gasteiger partial charge is 0.167 e. The van der Waals surface area contributed by atoms with Crippen molar-refractivity contribution in [2.24, 2.45) is 5.92 Å². The average Bonchev–Trinajstić information content (AvgIpc) is 3.35. The van der Waals surface area contributed by atoms with Gasteiger partial charge in [0.25, 0.3) is 0 Å². The number of rotatable bonds is 8. The van der Waals surface area contributed by atoms with Crippen molar-refractivity contribution >= 4 is 22.8 Å². The van der Waals surface area contributed by atoms with Crippen LogP contribution in [0, 0.1) is 5.92 Å². The lowest BCUT2D eigenvalue weighted by molar-refractivity contribution is 0.416.